The molecule has 0 aliphatic rings. The molecular weight excluding hydrogens is 339 g/mol. The molecule has 1 aromatic rings. The largest absolute Gasteiger partial charge is 0.492 e. The van der Waals surface area contributed by atoms with Crippen LogP contribution in [0.15, 0.2) is 27.6 Å². The van der Waals surface area contributed by atoms with Gasteiger partial charge in [0.05, 0.1) is 13.0 Å². The molecule has 1 aromatic carbocycles. The molecule has 9 heteroatoms. The molecule has 2 N–H and O–H groups in total. The first kappa shape index (κ1) is 15.3. The topological polar surface area (TPSA) is 69.4 Å². The number of benzene rings is 1. The summed E-state index contributed by atoms with van der Waals surface area (Å²) in [6.45, 7) is -0.673. The van der Waals surface area contributed by atoms with Crippen molar-refractivity contribution in [2.24, 2.45) is 5.14 Å². The number of ether oxygens (including phenoxy) is 1. The van der Waals surface area contributed by atoms with Crippen molar-refractivity contribution in [2.45, 2.75) is 17.5 Å². The van der Waals surface area contributed by atoms with E-state index in [2.05, 4.69) is 15.9 Å². The quantitative estimate of drug-likeness (QED) is 0.909. The van der Waals surface area contributed by atoms with Crippen LogP contribution >= 0.6 is 15.9 Å². The normalized spacial score (nSPS) is 12.5. The van der Waals surface area contributed by atoms with E-state index < -0.39 is 29.2 Å². The summed E-state index contributed by atoms with van der Waals surface area (Å²) in [5.74, 6) is -0.204. The number of primary sulfonamides is 1. The minimum atomic E-state index is -4.36. The van der Waals surface area contributed by atoms with Gasteiger partial charge in [-0.15, -0.1) is 0 Å². The van der Waals surface area contributed by atoms with Gasteiger partial charge in [-0.2, -0.15) is 13.2 Å². The van der Waals surface area contributed by atoms with Crippen LogP contribution in [-0.4, -0.2) is 21.2 Å². The summed E-state index contributed by atoms with van der Waals surface area (Å²) >= 11 is 3.03. The fourth-order valence-electron chi connectivity index (χ4n) is 1.10. The predicted molar refractivity (Wildman–Crippen MR) is 61.7 cm³/mol. The van der Waals surface area contributed by atoms with Crippen molar-refractivity contribution in [3.05, 3.63) is 22.7 Å². The van der Waals surface area contributed by atoms with Gasteiger partial charge in [-0.05, 0) is 18.2 Å². The van der Waals surface area contributed by atoms with Crippen molar-refractivity contribution >= 4 is 26.0 Å². The van der Waals surface area contributed by atoms with E-state index in [0.29, 0.717) is 4.47 Å². The van der Waals surface area contributed by atoms with Gasteiger partial charge in [0.25, 0.3) is 0 Å². The van der Waals surface area contributed by atoms with Gasteiger partial charge in [-0.1, -0.05) is 15.9 Å². The molecule has 0 radical (unpaired) electrons. The third kappa shape index (κ3) is 4.83. The number of hydrogen-bond acceptors (Lipinski definition) is 3. The fourth-order valence-corrected chi connectivity index (χ4v) is 2.31. The summed E-state index contributed by atoms with van der Waals surface area (Å²) < 4.78 is 63.4. The van der Waals surface area contributed by atoms with Crippen molar-refractivity contribution in [3.8, 4) is 5.75 Å². The van der Waals surface area contributed by atoms with Crippen LogP contribution in [0.2, 0.25) is 0 Å². The Morgan fingerprint density at radius 3 is 2.44 bits per heavy atom. The van der Waals surface area contributed by atoms with E-state index in [1.807, 2.05) is 0 Å². The van der Waals surface area contributed by atoms with Gasteiger partial charge < -0.3 is 4.74 Å². The Balaban J connectivity index is 2.90. The van der Waals surface area contributed by atoms with E-state index in [9.17, 15) is 21.6 Å². The van der Waals surface area contributed by atoms with Crippen molar-refractivity contribution in [2.75, 3.05) is 6.61 Å². The third-order valence-corrected chi connectivity index (χ3v) is 3.28. The lowest BCUT2D eigenvalue weighted by atomic mass is 10.3. The smallest absolute Gasteiger partial charge is 0.392 e. The highest BCUT2D eigenvalue weighted by Gasteiger charge is 2.27. The van der Waals surface area contributed by atoms with E-state index in [-0.39, 0.29) is 10.6 Å². The molecule has 0 amide bonds. The van der Waals surface area contributed by atoms with Gasteiger partial charge in [-0.25, -0.2) is 13.6 Å². The van der Waals surface area contributed by atoms with Crippen LogP contribution in [0.4, 0.5) is 13.2 Å². The maximum Gasteiger partial charge on any atom is 0.392 e. The zero-order chi connectivity index (χ0) is 14.0. The van der Waals surface area contributed by atoms with E-state index in [1.165, 1.54) is 12.1 Å². The lowest BCUT2D eigenvalue weighted by Crippen LogP contribution is -2.16. The van der Waals surface area contributed by atoms with E-state index in [1.54, 1.807) is 0 Å². The maximum atomic E-state index is 11.9. The third-order valence-electron chi connectivity index (χ3n) is 1.86. The van der Waals surface area contributed by atoms with E-state index in [0.717, 1.165) is 6.07 Å². The number of nitrogens with two attached hydrogens (primary N) is 1. The first-order valence-electron chi connectivity index (χ1n) is 4.61. The van der Waals surface area contributed by atoms with Gasteiger partial charge >= 0.3 is 6.18 Å². The van der Waals surface area contributed by atoms with Crippen LogP contribution in [0.5, 0.6) is 5.75 Å². The van der Waals surface area contributed by atoms with Crippen LogP contribution in [-0.2, 0) is 10.0 Å². The number of hydrogen-bond donors (Lipinski definition) is 1. The van der Waals surface area contributed by atoms with Gasteiger partial charge in [0, 0.05) is 4.47 Å². The molecule has 0 heterocycles. The second kappa shape index (κ2) is 5.45. The number of rotatable bonds is 4. The number of sulfonamides is 1. The predicted octanol–water partition coefficient (Wildman–Crippen LogP) is 2.43. The van der Waals surface area contributed by atoms with Gasteiger partial charge in [0.15, 0.2) is 0 Å². The Morgan fingerprint density at radius 2 is 1.94 bits per heavy atom. The van der Waals surface area contributed by atoms with Crippen LogP contribution in [0, 0.1) is 0 Å². The first-order valence-corrected chi connectivity index (χ1v) is 6.95. The Hall–Kier alpha value is -0.800. The molecule has 0 fully saturated rings. The molecule has 0 aliphatic heterocycles. The fraction of sp³-hybridized carbons (Fsp3) is 0.333. The Bertz CT molecular complexity index is 530. The summed E-state index contributed by atoms with van der Waals surface area (Å²) in [6, 6.07) is 3.84. The van der Waals surface area contributed by atoms with Crippen LogP contribution < -0.4 is 9.88 Å². The minimum absolute atomic E-state index is 0.204. The Labute approximate surface area is 110 Å². The zero-order valence-electron chi connectivity index (χ0n) is 8.87. The molecule has 1 rings (SSSR count). The highest BCUT2D eigenvalue weighted by molar-refractivity contribution is 9.10. The van der Waals surface area contributed by atoms with Crippen LogP contribution in [0.25, 0.3) is 0 Å². The lowest BCUT2D eigenvalue weighted by Gasteiger charge is -2.11. The Kier molecular flexibility index (Phi) is 4.62. The van der Waals surface area contributed by atoms with Crippen molar-refractivity contribution in [3.63, 3.8) is 0 Å². The molecule has 0 bridgehead atoms. The Morgan fingerprint density at radius 1 is 1.33 bits per heavy atom. The molecule has 4 nitrogen and oxygen atoms in total. The molecular formula is C9H9BrF3NO3S. The van der Waals surface area contributed by atoms with Crippen LogP contribution in [0.1, 0.15) is 6.42 Å². The highest BCUT2D eigenvalue weighted by atomic mass is 79.9. The molecule has 0 spiro atoms. The molecule has 0 aromatic heterocycles. The monoisotopic (exact) mass is 347 g/mol. The summed E-state index contributed by atoms with van der Waals surface area (Å²) in [5, 5.41) is 4.93. The SMILES string of the molecule is NS(=O)(=O)c1cc(Br)ccc1OCCC(F)(F)F. The molecule has 0 atom stereocenters. The second-order valence-electron chi connectivity index (χ2n) is 3.35. The average Bonchev–Trinajstić information content (AvgIpc) is 2.17. The zero-order valence-corrected chi connectivity index (χ0v) is 11.3. The van der Waals surface area contributed by atoms with Crippen molar-refractivity contribution in [1.29, 1.82) is 0 Å². The average molecular weight is 348 g/mol. The van der Waals surface area contributed by atoms with Gasteiger partial charge in [0.2, 0.25) is 10.0 Å². The van der Waals surface area contributed by atoms with Crippen molar-refractivity contribution in [1.82, 2.24) is 0 Å². The summed E-state index contributed by atoms with van der Waals surface area (Å²) in [5.41, 5.74) is 0. The summed E-state index contributed by atoms with van der Waals surface area (Å²) in [4.78, 5) is -0.362. The van der Waals surface area contributed by atoms with E-state index >= 15 is 0 Å². The second-order valence-corrected chi connectivity index (χ2v) is 5.80. The first-order chi connectivity index (χ1) is 8.09. The minimum Gasteiger partial charge on any atom is -0.492 e. The van der Waals surface area contributed by atoms with Gasteiger partial charge in [0.1, 0.15) is 10.6 Å². The molecule has 0 aliphatic carbocycles. The maximum absolute atomic E-state index is 11.9. The standard InChI is InChI=1S/C9H9BrF3NO3S/c10-6-1-2-7(8(5-6)18(14,15)16)17-4-3-9(11,12)13/h1-2,5H,3-4H2,(H2,14,15,16). The molecule has 0 saturated carbocycles. The van der Waals surface area contributed by atoms with Gasteiger partial charge in [-0.3, -0.25) is 0 Å². The molecule has 0 saturated heterocycles. The molecule has 0 unspecified atom stereocenters. The summed E-state index contributed by atoms with van der Waals surface area (Å²) in [6.07, 6.45) is -5.54. The van der Waals surface area contributed by atoms with E-state index in [4.69, 9.17) is 9.88 Å². The van der Waals surface area contributed by atoms with Crippen molar-refractivity contribution < 1.29 is 26.3 Å². The van der Waals surface area contributed by atoms with Crippen LogP contribution in [0.3, 0.4) is 0 Å². The summed E-state index contributed by atoms with van der Waals surface area (Å²) in [7, 11) is -4.06. The molecule has 102 valence electrons. The number of alkyl halides is 3. The highest BCUT2D eigenvalue weighted by Crippen LogP contribution is 2.27. The number of halogens is 4. The lowest BCUT2D eigenvalue weighted by molar-refractivity contribution is -0.139. The molecule has 18 heavy (non-hydrogen) atoms.